The van der Waals surface area contributed by atoms with Crippen LogP contribution in [-0.4, -0.2) is 29.9 Å². The number of rotatable bonds is 2. The van der Waals surface area contributed by atoms with Crippen molar-refractivity contribution in [2.75, 3.05) is 6.61 Å². The van der Waals surface area contributed by atoms with E-state index in [1.54, 1.807) is 13.0 Å². The zero-order valence-corrected chi connectivity index (χ0v) is 16.5. The Balaban J connectivity index is 1.75. The average molecular weight is 372 g/mol. The lowest BCUT2D eigenvalue weighted by molar-refractivity contribution is -0.185. The van der Waals surface area contributed by atoms with Crippen molar-refractivity contribution in [1.82, 2.24) is 0 Å². The maximum absolute atomic E-state index is 12.7. The van der Waals surface area contributed by atoms with E-state index in [0.29, 0.717) is 24.9 Å². The molecule has 0 bridgehead atoms. The molecule has 6 atom stereocenters. The predicted molar refractivity (Wildman–Crippen MR) is 98.5 cm³/mol. The van der Waals surface area contributed by atoms with Gasteiger partial charge < -0.3 is 9.47 Å². The van der Waals surface area contributed by atoms with Crippen LogP contribution in [0.1, 0.15) is 53.4 Å². The second kappa shape index (κ2) is 5.79. The predicted octanol–water partition coefficient (Wildman–Crippen LogP) is 3.38. The van der Waals surface area contributed by atoms with Crippen LogP contribution in [0.3, 0.4) is 0 Å². The smallest absolute Gasteiger partial charge is 0.331 e. The van der Waals surface area contributed by atoms with E-state index in [1.165, 1.54) is 6.92 Å². The van der Waals surface area contributed by atoms with Crippen LogP contribution in [0.4, 0.5) is 0 Å². The molecular formula is C22H28O5. The summed E-state index contributed by atoms with van der Waals surface area (Å²) in [4.78, 5) is 36.2. The number of Topliss-reactive ketones (excluding diaryl/α,β-unsaturated/α-hetero) is 1. The summed E-state index contributed by atoms with van der Waals surface area (Å²) in [5.74, 6) is 0.230. The van der Waals surface area contributed by atoms with Gasteiger partial charge in [-0.1, -0.05) is 26.0 Å². The molecule has 5 nitrogen and oxygen atoms in total. The van der Waals surface area contributed by atoms with Crippen LogP contribution >= 0.6 is 0 Å². The standard InChI is InChI=1S/C22H28O5/c1-13(23)22(27-14(2)24)10-8-18-16-6-5-15-11-19(25)26-12-20(15,3)17(16)7-9-21(18,22)4/h5-6,11,16-18H,7-10,12H2,1-4H3/t16-,17+,18+,20+,21+,22+/m1/s1. The maximum atomic E-state index is 12.7. The second-order valence-corrected chi connectivity index (χ2v) is 9.25. The molecule has 4 aliphatic rings. The Kier molecular flexibility index (Phi) is 3.96. The summed E-state index contributed by atoms with van der Waals surface area (Å²) in [6.07, 6.45) is 9.13. The lowest BCUT2D eigenvalue weighted by Gasteiger charge is -2.56. The van der Waals surface area contributed by atoms with Crippen molar-refractivity contribution < 1.29 is 23.9 Å². The fourth-order valence-corrected chi connectivity index (χ4v) is 6.68. The molecule has 0 saturated heterocycles. The minimum atomic E-state index is -1.02. The summed E-state index contributed by atoms with van der Waals surface area (Å²) in [5.41, 5.74) is -0.506. The Morgan fingerprint density at radius 3 is 2.52 bits per heavy atom. The number of fused-ring (bicyclic) bond motifs is 5. The molecule has 2 fully saturated rings. The van der Waals surface area contributed by atoms with Gasteiger partial charge in [0.25, 0.3) is 0 Å². The SMILES string of the molecule is CC(=O)O[C@]1(C(C)=O)CC[C@H]2[C@@H]3C=CC4=CC(=O)OC[C@]4(C)[C@H]3CC[C@@]21C. The van der Waals surface area contributed by atoms with Gasteiger partial charge >= 0.3 is 11.9 Å². The monoisotopic (exact) mass is 372 g/mol. The molecule has 0 spiro atoms. The van der Waals surface area contributed by atoms with Crippen molar-refractivity contribution >= 4 is 17.7 Å². The summed E-state index contributed by atoms with van der Waals surface area (Å²) in [6.45, 7) is 7.68. The van der Waals surface area contributed by atoms with E-state index in [4.69, 9.17) is 9.47 Å². The Bertz CT molecular complexity index is 780. The van der Waals surface area contributed by atoms with Gasteiger partial charge in [-0.2, -0.15) is 0 Å². The molecule has 146 valence electrons. The minimum absolute atomic E-state index is 0.0423. The van der Waals surface area contributed by atoms with Crippen LogP contribution in [0.2, 0.25) is 0 Å². The van der Waals surface area contributed by atoms with Crippen molar-refractivity contribution in [2.45, 2.75) is 59.0 Å². The zero-order valence-electron chi connectivity index (χ0n) is 16.5. The molecule has 0 aromatic heterocycles. The minimum Gasteiger partial charge on any atom is -0.462 e. The topological polar surface area (TPSA) is 69.7 Å². The first-order chi connectivity index (χ1) is 12.6. The van der Waals surface area contributed by atoms with E-state index in [-0.39, 0.29) is 34.5 Å². The molecule has 1 heterocycles. The maximum Gasteiger partial charge on any atom is 0.331 e. The van der Waals surface area contributed by atoms with E-state index in [2.05, 4.69) is 26.0 Å². The molecule has 3 aliphatic carbocycles. The Morgan fingerprint density at radius 2 is 1.85 bits per heavy atom. The average Bonchev–Trinajstić information content (AvgIpc) is 2.89. The summed E-state index contributed by atoms with van der Waals surface area (Å²) in [5, 5.41) is 0. The van der Waals surface area contributed by atoms with Gasteiger partial charge in [0.05, 0.1) is 0 Å². The highest BCUT2D eigenvalue weighted by Gasteiger charge is 2.67. The van der Waals surface area contributed by atoms with Gasteiger partial charge in [0.15, 0.2) is 11.4 Å². The van der Waals surface area contributed by atoms with E-state index in [0.717, 1.165) is 24.8 Å². The highest BCUT2D eigenvalue weighted by atomic mass is 16.6. The van der Waals surface area contributed by atoms with Crippen LogP contribution in [0, 0.1) is 28.6 Å². The number of esters is 2. The second-order valence-electron chi connectivity index (χ2n) is 9.25. The largest absolute Gasteiger partial charge is 0.462 e. The number of allylic oxidation sites excluding steroid dienone is 2. The third-order valence-electron chi connectivity index (χ3n) is 8.10. The number of cyclic esters (lactones) is 1. The van der Waals surface area contributed by atoms with E-state index in [1.807, 2.05) is 0 Å². The zero-order chi connectivity index (χ0) is 19.6. The molecule has 5 heteroatoms. The fourth-order valence-electron chi connectivity index (χ4n) is 6.68. The van der Waals surface area contributed by atoms with E-state index < -0.39 is 5.60 Å². The summed E-state index contributed by atoms with van der Waals surface area (Å²) >= 11 is 0. The molecule has 4 rings (SSSR count). The Labute approximate surface area is 160 Å². The van der Waals surface area contributed by atoms with Crippen molar-refractivity contribution in [1.29, 1.82) is 0 Å². The van der Waals surface area contributed by atoms with Crippen LogP contribution in [0.15, 0.2) is 23.8 Å². The highest BCUT2D eigenvalue weighted by molar-refractivity contribution is 5.89. The molecule has 1 aliphatic heterocycles. The van der Waals surface area contributed by atoms with Crippen LogP contribution in [-0.2, 0) is 23.9 Å². The first kappa shape index (κ1) is 18.5. The van der Waals surface area contributed by atoms with Crippen LogP contribution in [0.5, 0.6) is 0 Å². The van der Waals surface area contributed by atoms with Gasteiger partial charge in [-0.25, -0.2) is 4.79 Å². The molecule has 0 aromatic rings. The summed E-state index contributed by atoms with van der Waals surface area (Å²) in [7, 11) is 0. The quantitative estimate of drug-likeness (QED) is 0.695. The number of ether oxygens (including phenoxy) is 2. The van der Waals surface area contributed by atoms with Crippen molar-refractivity contribution in [3.05, 3.63) is 23.8 Å². The molecule has 0 radical (unpaired) electrons. The van der Waals surface area contributed by atoms with Gasteiger partial charge in [0.2, 0.25) is 0 Å². The first-order valence-electron chi connectivity index (χ1n) is 9.92. The molecule has 0 aromatic carbocycles. The molecular weight excluding hydrogens is 344 g/mol. The number of hydrogen-bond acceptors (Lipinski definition) is 5. The van der Waals surface area contributed by atoms with Crippen molar-refractivity contribution in [3.63, 3.8) is 0 Å². The molecule has 0 N–H and O–H groups in total. The molecule has 2 saturated carbocycles. The number of ketones is 1. The van der Waals surface area contributed by atoms with E-state index >= 15 is 0 Å². The highest BCUT2D eigenvalue weighted by Crippen LogP contribution is 2.66. The first-order valence-corrected chi connectivity index (χ1v) is 9.92. The lowest BCUT2D eigenvalue weighted by Crippen LogP contribution is -2.58. The molecule has 0 amide bonds. The van der Waals surface area contributed by atoms with Crippen LogP contribution in [0.25, 0.3) is 0 Å². The summed E-state index contributed by atoms with van der Waals surface area (Å²) in [6, 6.07) is 0. The fraction of sp³-hybridized carbons (Fsp3) is 0.682. The van der Waals surface area contributed by atoms with E-state index in [9.17, 15) is 14.4 Å². The van der Waals surface area contributed by atoms with Crippen molar-refractivity contribution in [3.8, 4) is 0 Å². The Hall–Kier alpha value is -1.91. The van der Waals surface area contributed by atoms with Gasteiger partial charge in [-0.3, -0.25) is 9.59 Å². The van der Waals surface area contributed by atoms with Crippen LogP contribution < -0.4 is 0 Å². The van der Waals surface area contributed by atoms with Gasteiger partial charge in [-0.05, 0) is 55.9 Å². The number of carbonyl (C=O) groups excluding carboxylic acids is 3. The summed E-state index contributed by atoms with van der Waals surface area (Å²) < 4.78 is 11.2. The van der Waals surface area contributed by atoms with Gasteiger partial charge in [0, 0.05) is 23.8 Å². The van der Waals surface area contributed by atoms with Gasteiger partial charge in [0.1, 0.15) is 6.61 Å². The normalized spacial score (nSPS) is 45.1. The third kappa shape index (κ3) is 2.33. The van der Waals surface area contributed by atoms with Gasteiger partial charge in [-0.15, -0.1) is 0 Å². The van der Waals surface area contributed by atoms with Crippen molar-refractivity contribution in [2.24, 2.45) is 28.6 Å². The molecule has 0 unspecified atom stereocenters. The lowest BCUT2D eigenvalue weighted by atomic mass is 9.49. The Morgan fingerprint density at radius 1 is 1.15 bits per heavy atom. The number of carbonyl (C=O) groups is 3. The molecule has 27 heavy (non-hydrogen) atoms. The number of hydrogen-bond donors (Lipinski definition) is 0. The third-order valence-corrected chi connectivity index (χ3v) is 8.10.